The Morgan fingerprint density at radius 2 is 1.48 bits per heavy atom. The summed E-state index contributed by atoms with van der Waals surface area (Å²) in [4.78, 5) is 48.6. The summed E-state index contributed by atoms with van der Waals surface area (Å²) in [6.45, 7) is -0.435. The van der Waals surface area contributed by atoms with Gasteiger partial charge in [0.15, 0.2) is 12.7 Å². The lowest BCUT2D eigenvalue weighted by Gasteiger charge is -2.20. The quantitative estimate of drug-likeness (QED) is 0.0324. The van der Waals surface area contributed by atoms with Gasteiger partial charge in [-0.15, -0.1) is 24.7 Å². The molecule has 0 saturated heterocycles. The Kier molecular flexibility index (Phi) is 21.1. The second-order valence-corrected chi connectivity index (χ2v) is 12.6. The number of esters is 3. The van der Waals surface area contributed by atoms with Gasteiger partial charge in [-0.1, -0.05) is 36.4 Å². The van der Waals surface area contributed by atoms with Crippen molar-refractivity contribution in [2.24, 2.45) is 11.8 Å². The average molecular weight is 761 g/mol. The lowest BCUT2D eigenvalue weighted by Crippen LogP contribution is -2.32. The number of ether oxygens (including phenoxy) is 6. The molecule has 12 nitrogen and oxygen atoms in total. The fourth-order valence-electron chi connectivity index (χ4n) is 5.31. The zero-order chi connectivity index (χ0) is 39.8. The fraction of sp³-hybridized carbons (Fsp3) is 0.550. The number of rotatable bonds is 24. The molecule has 2 N–H and O–H groups in total. The number of carbonyl (C=O) groups is 4. The molecule has 5 atom stereocenters. The Morgan fingerprint density at radius 1 is 0.870 bits per heavy atom. The van der Waals surface area contributed by atoms with Gasteiger partial charge in [0.1, 0.15) is 19.0 Å². The molecule has 14 heteroatoms. The number of aliphatic hydroxyl groups is 2. The van der Waals surface area contributed by atoms with E-state index >= 15 is 0 Å². The topological polar surface area (TPSA) is 164 Å². The molecule has 0 amide bonds. The van der Waals surface area contributed by atoms with E-state index in [1.165, 1.54) is 13.0 Å². The fourth-order valence-corrected chi connectivity index (χ4v) is 5.31. The first-order chi connectivity index (χ1) is 25.8. The van der Waals surface area contributed by atoms with E-state index in [-0.39, 0.29) is 25.7 Å². The summed E-state index contributed by atoms with van der Waals surface area (Å²) >= 11 is 0. The van der Waals surface area contributed by atoms with Crippen molar-refractivity contribution in [2.75, 3.05) is 19.8 Å². The number of hydrogen-bond acceptors (Lipinski definition) is 12. The largest absolute Gasteiger partial charge is 0.511 e. The third-order valence-electron chi connectivity index (χ3n) is 8.07. The minimum atomic E-state index is -3.29. The molecule has 2 rings (SSSR count). The van der Waals surface area contributed by atoms with Crippen molar-refractivity contribution in [2.45, 2.75) is 108 Å². The molecule has 54 heavy (non-hydrogen) atoms. The first kappa shape index (κ1) is 45.2. The molecule has 1 aliphatic carbocycles. The number of alkyl halides is 2. The smallest absolute Gasteiger partial charge is 0.487 e. The first-order valence-corrected chi connectivity index (χ1v) is 17.8. The van der Waals surface area contributed by atoms with Crippen molar-refractivity contribution in [1.82, 2.24) is 0 Å². The summed E-state index contributed by atoms with van der Waals surface area (Å²) in [6.07, 6.45) is 12.9. The second-order valence-electron chi connectivity index (χ2n) is 12.6. The number of carbonyl (C=O) groups excluding carboxylic acids is 4. The van der Waals surface area contributed by atoms with Gasteiger partial charge in [0, 0.05) is 51.4 Å². The molecular weight excluding hydrogens is 710 g/mol. The van der Waals surface area contributed by atoms with Crippen LogP contribution < -0.4 is 4.74 Å². The molecule has 296 valence electrons. The van der Waals surface area contributed by atoms with Crippen LogP contribution in [0.4, 0.5) is 13.6 Å². The van der Waals surface area contributed by atoms with Gasteiger partial charge in [-0.05, 0) is 56.2 Å². The maximum absolute atomic E-state index is 14.5. The summed E-state index contributed by atoms with van der Waals surface area (Å²) in [6, 6.07) is 8.22. The maximum atomic E-state index is 14.5. The van der Waals surface area contributed by atoms with Crippen LogP contribution in [-0.4, -0.2) is 84.6 Å². The highest BCUT2D eigenvalue weighted by molar-refractivity contribution is 5.70. The second kappa shape index (κ2) is 25.2. The summed E-state index contributed by atoms with van der Waals surface area (Å²) in [5, 5.41) is 20.9. The SMILES string of the molecule is C#CCCCC(=O)OCC(COC(=O)CCCC#C)OC(=O)OC(C)OC(=O)CCC/C=C\C[C@@H]1[C@@H](/C=C/C(F)(F)COc2ccccc2)[C@H](O)C[C@@H]1O. The van der Waals surface area contributed by atoms with Gasteiger partial charge in [0.05, 0.1) is 12.2 Å². The van der Waals surface area contributed by atoms with Gasteiger partial charge >= 0.3 is 24.1 Å². The molecule has 0 heterocycles. The third-order valence-corrected chi connectivity index (χ3v) is 8.07. The van der Waals surface area contributed by atoms with E-state index < -0.39 is 86.2 Å². The number of unbranched alkanes of at least 4 members (excludes halogenated alkanes) is 3. The van der Waals surface area contributed by atoms with Crippen LogP contribution in [0.25, 0.3) is 0 Å². The Balaban J connectivity index is 1.76. The van der Waals surface area contributed by atoms with Crippen molar-refractivity contribution in [3.05, 3.63) is 54.6 Å². The molecule has 0 radical (unpaired) electrons. The lowest BCUT2D eigenvalue weighted by molar-refractivity contribution is -0.172. The van der Waals surface area contributed by atoms with Crippen LogP contribution >= 0.6 is 0 Å². The monoisotopic (exact) mass is 760 g/mol. The van der Waals surface area contributed by atoms with Gasteiger partial charge in [0.2, 0.25) is 6.29 Å². The number of para-hydroxylation sites is 1. The third kappa shape index (κ3) is 19.2. The molecule has 0 aliphatic heterocycles. The zero-order valence-corrected chi connectivity index (χ0v) is 30.4. The van der Waals surface area contributed by atoms with Gasteiger partial charge in [-0.3, -0.25) is 14.4 Å². The van der Waals surface area contributed by atoms with Crippen LogP contribution in [0.5, 0.6) is 5.75 Å². The van der Waals surface area contributed by atoms with E-state index in [2.05, 4.69) is 11.8 Å². The number of allylic oxidation sites excluding steroid dienone is 2. The molecule has 1 saturated carbocycles. The van der Waals surface area contributed by atoms with E-state index in [1.807, 2.05) is 0 Å². The Morgan fingerprint density at radius 3 is 2.09 bits per heavy atom. The normalized spacial score (nSPS) is 18.8. The summed E-state index contributed by atoms with van der Waals surface area (Å²) < 4.78 is 59.5. The van der Waals surface area contributed by atoms with Crippen molar-refractivity contribution >= 4 is 24.1 Å². The maximum Gasteiger partial charge on any atom is 0.511 e. The predicted molar refractivity (Wildman–Crippen MR) is 191 cm³/mol. The van der Waals surface area contributed by atoms with Crippen LogP contribution in [0.3, 0.4) is 0 Å². The number of halogens is 2. The highest BCUT2D eigenvalue weighted by Crippen LogP contribution is 2.37. The minimum absolute atomic E-state index is 0.0305. The van der Waals surface area contributed by atoms with Gasteiger partial charge in [-0.25, -0.2) is 4.79 Å². The molecule has 0 bridgehead atoms. The molecule has 1 aliphatic rings. The lowest BCUT2D eigenvalue weighted by atomic mass is 9.89. The van der Waals surface area contributed by atoms with Crippen LogP contribution in [0.1, 0.15) is 77.6 Å². The molecule has 1 unspecified atom stereocenters. The minimum Gasteiger partial charge on any atom is -0.487 e. The van der Waals surface area contributed by atoms with E-state index in [0.717, 1.165) is 0 Å². The molecule has 1 aromatic carbocycles. The predicted octanol–water partition coefficient (Wildman–Crippen LogP) is 5.84. The molecule has 1 fully saturated rings. The van der Waals surface area contributed by atoms with E-state index in [0.29, 0.717) is 56.8 Å². The van der Waals surface area contributed by atoms with Crippen LogP contribution in [0.2, 0.25) is 0 Å². The number of hydrogen-bond donors (Lipinski definition) is 2. The average Bonchev–Trinajstić information content (AvgIpc) is 3.40. The summed E-state index contributed by atoms with van der Waals surface area (Å²) in [5.41, 5.74) is 0. The van der Waals surface area contributed by atoms with Gasteiger partial charge < -0.3 is 38.6 Å². The molecule has 0 spiro atoms. The first-order valence-electron chi connectivity index (χ1n) is 17.8. The highest BCUT2D eigenvalue weighted by Gasteiger charge is 2.40. The Bertz CT molecular complexity index is 1410. The van der Waals surface area contributed by atoms with Crippen molar-refractivity contribution in [3.63, 3.8) is 0 Å². The van der Waals surface area contributed by atoms with Crippen LogP contribution in [0.15, 0.2) is 54.6 Å². The molecule has 1 aromatic rings. The standard InChI is InChI=1S/C40H50F2O12/c1-4-6-11-20-36(45)49-26-31(27-50-37(46)21-12-7-5-2)54-39(48)53-29(3)52-38(47)22-16-9-8-15-19-32-33(35(44)25-34(32)43)23-24-40(41,42)28-51-30-17-13-10-14-18-30/h1-2,8,10,13-15,17-18,23-24,29,31-35,43-44H,6-7,9,11-12,16,19-22,25-28H2,3H3/b15-8-,24-23+/t29?,32-,33-,34+,35-/m1/s1. The van der Waals surface area contributed by atoms with Gasteiger partial charge in [-0.2, -0.15) is 8.78 Å². The van der Waals surface area contributed by atoms with Crippen molar-refractivity contribution in [3.8, 4) is 30.4 Å². The zero-order valence-electron chi connectivity index (χ0n) is 30.4. The Hall–Kier alpha value is -4.92. The molecule has 0 aromatic heterocycles. The van der Waals surface area contributed by atoms with E-state index in [9.17, 15) is 38.2 Å². The van der Waals surface area contributed by atoms with Crippen LogP contribution in [0, 0.1) is 36.5 Å². The van der Waals surface area contributed by atoms with Gasteiger partial charge in [0.25, 0.3) is 5.92 Å². The van der Waals surface area contributed by atoms with Crippen molar-refractivity contribution in [1.29, 1.82) is 0 Å². The number of aliphatic hydroxyl groups excluding tert-OH is 2. The number of terminal acetylenes is 2. The summed E-state index contributed by atoms with van der Waals surface area (Å²) in [7, 11) is 0. The van der Waals surface area contributed by atoms with Crippen LogP contribution in [-0.2, 0) is 38.1 Å². The highest BCUT2D eigenvalue weighted by atomic mass is 19.3. The van der Waals surface area contributed by atoms with Crippen molar-refractivity contribution < 1.29 is 66.6 Å². The number of benzene rings is 1. The van der Waals surface area contributed by atoms with E-state index in [1.54, 1.807) is 42.5 Å². The molecular formula is C40H50F2O12. The van der Waals surface area contributed by atoms with E-state index in [4.69, 9.17) is 41.3 Å². The summed E-state index contributed by atoms with van der Waals surface area (Å²) in [5.74, 6) is -1.20. The Labute approximate surface area is 315 Å².